The van der Waals surface area contributed by atoms with Crippen molar-refractivity contribution in [1.82, 2.24) is 4.57 Å². The number of rotatable bonds is 6. The van der Waals surface area contributed by atoms with E-state index in [9.17, 15) is 23.7 Å². The Morgan fingerprint density at radius 2 is 2.14 bits per heavy atom. The van der Waals surface area contributed by atoms with Crippen LogP contribution in [0.2, 0.25) is 0 Å². The maximum atomic E-state index is 14.2. The van der Waals surface area contributed by atoms with Gasteiger partial charge in [-0.2, -0.15) is 4.99 Å². The van der Waals surface area contributed by atoms with Crippen molar-refractivity contribution in [2.75, 3.05) is 13.7 Å². The van der Waals surface area contributed by atoms with Gasteiger partial charge in [-0.25, -0.2) is 8.78 Å². The Morgan fingerprint density at radius 3 is 2.82 bits per heavy atom. The minimum absolute atomic E-state index is 0.0385. The predicted molar refractivity (Wildman–Crippen MR) is 102 cm³/mol. The molecule has 0 aliphatic rings. The second-order valence-corrected chi connectivity index (χ2v) is 7.58. The first kappa shape index (κ1) is 20.0. The highest BCUT2D eigenvalue weighted by Crippen LogP contribution is 2.25. The topological polar surface area (TPSA) is 86.7 Å². The normalized spacial score (nSPS) is 12.3. The zero-order valence-corrected chi connectivity index (χ0v) is 16.1. The Balaban J connectivity index is 1.97. The Hall–Kier alpha value is -2.76. The molecule has 7 nitrogen and oxygen atoms in total. The molecule has 1 aromatic carbocycles. The third kappa shape index (κ3) is 4.38. The fourth-order valence-corrected chi connectivity index (χ4v) is 4.24. The molecule has 0 radical (unpaired) electrons. The van der Waals surface area contributed by atoms with Gasteiger partial charge in [-0.3, -0.25) is 14.9 Å². The molecule has 2 heterocycles. The van der Waals surface area contributed by atoms with Crippen LogP contribution >= 0.6 is 22.7 Å². The molecular weight excluding hydrogens is 412 g/mol. The van der Waals surface area contributed by atoms with E-state index < -0.39 is 22.5 Å². The van der Waals surface area contributed by atoms with Gasteiger partial charge < -0.3 is 9.30 Å². The van der Waals surface area contributed by atoms with Crippen molar-refractivity contribution in [3.63, 3.8) is 0 Å². The zero-order chi connectivity index (χ0) is 20.3. The van der Waals surface area contributed by atoms with Crippen LogP contribution in [0.5, 0.6) is 0 Å². The lowest BCUT2D eigenvalue weighted by atomic mass is 10.3. The standard InChI is InChI=1S/C17H13F2N3O4S2/c1-26-7-6-21-16-12(19)8-10(18)9-13(16)28-17(21)20-14(23)4-2-11-3-5-15(27-11)22(24)25/h2-5,8-9H,6-7H2,1H3/b4-2+,20-17?. The number of benzene rings is 1. The van der Waals surface area contributed by atoms with Crippen LogP contribution in [-0.2, 0) is 16.1 Å². The summed E-state index contributed by atoms with van der Waals surface area (Å²) < 4.78 is 34.5. The first-order valence-electron chi connectivity index (χ1n) is 7.87. The fraction of sp³-hybridized carbons (Fsp3) is 0.176. The van der Waals surface area contributed by atoms with Crippen molar-refractivity contribution >= 4 is 49.9 Å². The van der Waals surface area contributed by atoms with Gasteiger partial charge in [0.2, 0.25) is 0 Å². The summed E-state index contributed by atoms with van der Waals surface area (Å²) in [5, 5.41) is 10.7. The molecule has 11 heteroatoms. The maximum absolute atomic E-state index is 14.2. The van der Waals surface area contributed by atoms with Crippen LogP contribution in [0.1, 0.15) is 4.88 Å². The Kier molecular flexibility index (Phi) is 6.07. The van der Waals surface area contributed by atoms with Crippen LogP contribution in [-0.4, -0.2) is 29.1 Å². The number of thiophene rings is 1. The second-order valence-electron chi connectivity index (χ2n) is 5.48. The van der Waals surface area contributed by atoms with Gasteiger partial charge in [0, 0.05) is 36.7 Å². The second kappa shape index (κ2) is 8.50. The van der Waals surface area contributed by atoms with E-state index in [-0.39, 0.29) is 28.5 Å². The maximum Gasteiger partial charge on any atom is 0.324 e. The number of amides is 1. The Labute approximate surface area is 165 Å². The fourth-order valence-electron chi connectivity index (χ4n) is 2.42. The molecule has 146 valence electrons. The van der Waals surface area contributed by atoms with Crippen LogP contribution in [0, 0.1) is 21.7 Å². The quantitative estimate of drug-likeness (QED) is 0.342. The molecule has 0 saturated carbocycles. The molecule has 0 atom stereocenters. The van der Waals surface area contributed by atoms with E-state index >= 15 is 0 Å². The van der Waals surface area contributed by atoms with Gasteiger partial charge >= 0.3 is 5.00 Å². The van der Waals surface area contributed by atoms with E-state index in [1.807, 2.05) is 0 Å². The number of aromatic nitrogens is 1. The number of methoxy groups -OCH3 is 1. The van der Waals surface area contributed by atoms with Gasteiger partial charge in [0.15, 0.2) is 10.6 Å². The van der Waals surface area contributed by atoms with Gasteiger partial charge in [-0.15, -0.1) is 0 Å². The molecule has 0 saturated heterocycles. The lowest BCUT2D eigenvalue weighted by Crippen LogP contribution is -2.19. The SMILES string of the molecule is COCCn1c(=NC(=O)/C=C/c2ccc([N+](=O)[O-])s2)sc2cc(F)cc(F)c21. The zero-order valence-electron chi connectivity index (χ0n) is 14.4. The molecule has 0 aliphatic heterocycles. The van der Waals surface area contributed by atoms with E-state index in [0.717, 1.165) is 34.8 Å². The largest absolute Gasteiger partial charge is 0.383 e. The molecule has 28 heavy (non-hydrogen) atoms. The minimum Gasteiger partial charge on any atom is -0.383 e. The summed E-state index contributed by atoms with van der Waals surface area (Å²) in [5.74, 6) is -2.10. The molecule has 1 amide bonds. The molecule has 0 aliphatic carbocycles. The molecule has 2 aromatic heterocycles. The molecule has 3 aromatic rings. The van der Waals surface area contributed by atoms with Gasteiger partial charge in [0.05, 0.1) is 21.7 Å². The average Bonchev–Trinajstić information content (AvgIpc) is 3.23. The first-order chi connectivity index (χ1) is 13.4. The summed E-state index contributed by atoms with van der Waals surface area (Å²) in [4.78, 5) is 27.0. The summed E-state index contributed by atoms with van der Waals surface area (Å²) in [7, 11) is 1.48. The lowest BCUT2D eigenvalue weighted by molar-refractivity contribution is -0.380. The number of ether oxygens (including phenoxy) is 1. The highest BCUT2D eigenvalue weighted by atomic mass is 32.1. The third-order valence-electron chi connectivity index (χ3n) is 3.60. The Bertz CT molecular complexity index is 1150. The smallest absolute Gasteiger partial charge is 0.324 e. The van der Waals surface area contributed by atoms with E-state index in [1.165, 1.54) is 36.0 Å². The Morgan fingerprint density at radius 1 is 1.36 bits per heavy atom. The van der Waals surface area contributed by atoms with E-state index in [2.05, 4.69) is 4.99 Å². The molecule has 0 bridgehead atoms. The number of thiazole rings is 1. The van der Waals surface area contributed by atoms with Crippen LogP contribution in [0.3, 0.4) is 0 Å². The van der Waals surface area contributed by atoms with Gasteiger partial charge in [0.25, 0.3) is 5.91 Å². The number of fused-ring (bicyclic) bond motifs is 1. The van der Waals surface area contributed by atoms with Gasteiger partial charge in [0.1, 0.15) is 5.82 Å². The van der Waals surface area contributed by atoms with Crippen LogP contribution < -0.4 is 4.80 Å². The summed E-state index contributed by atoms with van der Waals surface area (Å²) in [5.41, 5.74) is 0.146. The average molecular weight is 425 g/mol. The molecule has 0 N–H and O–H groups in total. The summed E-state index contributed by atoms with van der Waals surface area (Å²) in [6.45, 7) is 0.477. The van der Waals surface area contributed by atoms with E-state index in [0.29, 0.717) is 9.58 Å². The number of nitrogens with zero attached hydrogens (tertiary/aromatic N) is 3. The first-order valence-corrected chi connectivity index (χ1v) is 9.50. The summed E-state index contributed by atoms with van der Waals surface area (Å²) in [6.07, 6.45) is 2.58. The summed E-state index contributed by atoms with van der Waals surface area (Å²) >= 11 is 1.90. The molecule has 0 spiro atoms. The number of nitro groups is 1. The molecule has 0 fully saturated rings. The van der Waals surface area contributed by atoms with Crippen molar-refractivity contribution < 1.29 is 23.2 Å². The highest BCUT2D eigenvalue weighted by Gasteiger charge is 2.13. The number of hydrogen-bond donors (Lipinski definition) is 0. The van der Waals surface area contributed by atoms with Crippen molar-refractivity contribution in [1.29, 1.82) is 0 Å². The highest BCUT2D eigenvalue weighted by molar-refractivity contribution is 7.16. The number of carbonyl (C=O) groups excluding carboxylic acids is 1. The van der Waals surface area contributed by atoms with E-state index in [1.54, 1.807) is 0 Å². The van der Waals surface area contributed by atoms with Crippen LogP contribution in [0.15, 0.2) is 35.3 Å². The number of hydrogen-bond acceptors (Lipinski definition) is 6. The van der Waals surface area contributed by atoms with Gasteiger partial charge in [-0.1, -0.05) is 22.7 Å². The van der Waals surface area contributed by atoms with Crippen molar-refractivity contribution in [2.24, 2.45) is 4.99 Å². The molecule has 0 unspecified atom stereocenters. The molecular formula is C17H13F2N3O4S2. The van der Waals surface area contributed by atoms with Crippen molar-refractivity contribution in [2.45, 2.75) is 6.54 Å². The number of carbonyl (C=O) groups is 1. The summed E-state index contributed by atoms with van der Waals surface area (Å²) in [6, 6.07) is 4.81. The van der Waals surface area contributed by atoms with Crippen LogP contribution in [0.25, 0.3) is 16.3 Å². The lowest BCUT2D eigenvalue weighted by Gasteiger charge is -2.04. The van der Waals surface area contributed by atoms with Crippen molar-refractivity contribution in [3.8, 4) is 0 Å². The predicted octanol–water partition coefficient (Wildman–Crippen LogP) is 3.74. The monoisotopic (exact) mass is 425 g/mol. The molecule has 3 rings (SSSR count). The van der Waals surface area contributed by atoms with Crippen LogP contribution in [0.4, 0.5) is 13.8 Å². The minimum atomic E-state index is -0.752. The third-order valence-corrected chi connectivity index (χ3v) is 5.63. The van der Waals surface area contributed by atoms with Crippen molar-refractivity contribution in [3.05, 3.63) is 61.8 Å². The number of halogens is 2. The van der Waals surface area contributed by atoms with Gasteiger partial charge in [-0.05, 0) is 18.2 Å². The van der Waals surface area contributed by atoms with E-state index in [4.69, 9.17) is 4.74 Å².